The SMILES string of the molecule is CCC(C(=O)OC)N1CCc2sc(C(=O)O)cc2C1. The van der Waals surface area contributed by atoms with Gasteiger partial charge in [0.05, 0.1) is 7.11 Å². The van der Waals surface area contributed by atoms with Crippen molar-refractivity contribution in [1.29, 1.82) is 0 Å². The molecular formula is C13H17NO4S. The quantitative estimate of drug-likeness (QED) is 0.853. The number of fused-ring (bicyclic) bond motifs is 1. The molecule has 0 saturated carbocycles. The molecule has 1 aromatic heterocycles. The van der Waals surface area contributed by atoms with E-state index in [2.05, 4.69) is 4.90 Å². The van der Waals surface area contributed by atoms with Crippen LogP contribution < -0.4 is 0 Å². The van der Waals surface area contributed by atoms with Crippen molar-refractivity contribution >= 4 is 23.3 Å². The number of hydrogen-bond acceptors (Lipinski definition) is 5. The van der Waals surface area contributed by atoms with Crippen LogP contribution in [0.2, 0.25) is 0 Å². The maximum absolute atomic E-state index is 11.7. The Morgan fingerprint density at radius 1 is 1.58 bits per heavy atom. The van der Waals surface area contributed by atoms with Gasteiger partial charge in [0, 0.05) is 18.0 Å². The van der Waals surface area contributed by atoms with Gasteiger partial charge in [0.25, 0.3) is 0 Å². The molecule has 1 N–H and O–H groups in total. The van der Waals surface area contributed by atoms with Crippen LogP contribution in [0.3, 0.4) is 0 Å². The van der Waals surface area contributed by atoms with E-state index in [0.29, 0.717) is 17.8 Å². The lowest BCUT2D eigenvalue weighted by Gasteiger charge is -2.32. The Morgan fingerprint density at radius 3 is 2.89 bits per heavy atom. The van der Waals surface area contributed by atoms with Gasteiger partial charge < -0.3 is 9.84 Å². The van der Waals surface area contributed by atoms with E-state index in [1.54, 1.807) is 6.07 Å². The first-order valence-corrected chi connectivity index (χ1v) is 7.05. The van der Waals surface area contributed by atoms with Crippen LogP contribution in [0.1, 0.15) is 33.5 Å². The van der Waals surface area contributed by atoms with E-state index < -0.39 is 5.97 Å². The van der Waals surface area contributed by atoms with Crippen LogP contribution in [0, 0.1) is 0 Å². The van der Waals surface area contributed by atoms with Gasteiger partial charge in [-0.1, -0.05) is 6.92 Å². The molecule has 1 aromatic rings. The van der Waals surface area contributed by atoms with Crippen molar-refractivity contribution in [2.75, 3.05) is 13.7 Å². The van der Waals surface area contributed by atoms with Crippen molar-refractivity contribution in [2.45, 2.75) is 32.4 Å². The van der Waals surface area contributed by atoms with Crippen LogP contribution >= 0.6 is 11.3 Å². The molecule has 0 aromatic carbocycles. The summed E-state index contributed by atoms with van der Waals surface area (Å²) in [5.74, 6) is -1.11. The van der Waals surface area contributed by atoms with Gasteiger partial charge in [-0.2, -0.15) is 0 Å². The van der Waals surface area contributed by atoms with Crippen LogP contribution in [0.5, 0.6) is 0 Å². The van der Waals surface area contributed by atoms with E-state index in [4.69, 9.17) is 9.84 Å². The van der Waals surface area contributed by atoms with Crippen molar-refractivity contribution in [3.8, 4) is 0 Å². The minimum absolute atomic E-state index is 0.223. The number of carbonyl (C=O) groups excluding carboxylic acids is 1. The van der Waals surface area contributed by atoms with E-state index in [1.165, 1.54) is 18.4 Å². The van der Waals surface area contributed by atoms with Gasteiger partial charge >= 0.3 is 11.9 Å². The van der Waals surface area contributed by atoms with E-state index in [0.717, 1.165) is 23.4 Å². The predicted octanol–water partition coefficient (Wildman–Crippen LogP) is 1.76. The van der Waals surface area contributed by atoms with E-state index in [-0.39, 0.29) is 12.0 Å². The minimum atomic E-state index is -0.883. The molecule has 0 bridgehead atoms. The number of hydrogen-bond donors (Lipinski definition) is 1. The Kier molecular flexibility index (Phi) is 4.21. The van der Waals surface area contributed by atoms with Crippen molar-refractivity contribution in [2.24, 2.45) is 0 Å². The monoisotopic (exact) mass is 283 g/mol. The summed E-state index contributed by atoms with van der Waals surface area (Å²) in [5.41, 5.74) is 1.02. The molecule has 1 unspecified atom stereocenters. The number of esters is 1. The number of carbonyl (C=O) groups is 2. The molecule has 0 radical (unpaired) electrons. The van der Waals surface area contributed by atoms with Crippen molar-refractivity contribution < 1.29 is 19.4 Å². The lowest BCUT2D eigenvalue weighted by Crippen LogP contribution is -2.43. The summed E-state index contributed by atoms with van der Waals surface area (Å²) in [6, 6.07) is 1.48. The topological polar surface area (TPSA) is 66.8 Å². The molecule has 6 heteroatoms. The number of carboxylic acid groups (broad SMARTS) is 1. The number of methoxy groups -OCH3 is 1. The fourth-order valence-corrected chi connectivity index (χ4v) is 3.44. The summed E-state index contributed by atoms with van der Waals surface area (Å²) >= 11 is 1.34. The van der Waals surface area contributed by atoms with Gasteiger partial charge in [-0.3, -0.25) is 9.69 Å². The third kappa shape index (κ3) is 2.79. The molecule has 19 heavy (non-hydrogen) atoms. The number of ether oxygens (including phenoxy) is 1. The average molecular weight is 283 g/mol. The molecular weight excluding hydrogens is 266 g/mol. The highest BCUT2D eigenvalue weighted by Gasteiger charge is 2.29. The van der Waals surface area contributed by atoms with Crippen molar-refractivity contribution in [3.63, 3.8) is 0 Å². The largest absolute Gasteiger partial charge is 0.477 e. The molecule has 2 rings (SSSR count). The third-order valence-corrected chi connectivity index (χ3v) is 4.63. The zero-order chi connectivity index (χ0) is 14.0. The van der Waals surface area contributed by atoms with Gasteiger partial charge in [-0.25, -0.2) is 4.79 Å². The number of rotatable bonds is 4. The van der Waals surface area contributed by atoms with Crippen molar-refractivity contribution in [3.05, 3.63) is 21.4 Å². The van der Waals surface area contributed by atoms with Gasteiger partial charge in [-0.05, 0) is 24.5 Å². The molecule has 0 spiro atoms. The summed E-state index contributed by atoms with van der Waals surface area (Å²) < 4.78 is 4.82. The second-order valence-corrected chi connectivity index (χ2v) is 5.67. The minimum Gasteiger partial charge on any atom is -0.477 e. The maximum atomic E-state index is 11.7. The molecule has 1 atom stereocenters. The number of nitrogens with zero attached hydrogens (tertiary/aromatic N) is 1. The number of carboxylic acids is 1. The van der Waals surface area contributed by atoms with Crippen LogP contribution in [-0.2, 0) is 22.5 Å². The second kappa shape index (κ2) is 5.71. The Hall–Kier alpha value is -1.40. The summed E-state index contributed by atoms with van der Waals surface area (Å²) in [5, 5.41) is 9.00. The van der Waals surface area contributed by atoms with E-state index in [1.807, 2.05) is 6.92 Å². The zero-order valence-electron chi connectivity index (χ0n) is 11.0. The summed E-state index contributed by atoms with van der Waals surface area (Å²) in [7, 11) is 1.40. The number of thiophene rings is 1. The van der Waals surface area contributed by atoms with Gasteiger partial charge in [0.2, 0.25) is 0 Å². The molecule has 1 aliphatic heterocycles. The van der Waals surface area contributed by atoms with E-state index in [9.17, 15) is 9.59 Å². The fraction of sp³-hybridized carbons (Fsp3) is 0.538. The molecule has 0 amide bonds. The second-order valence-electron chi connectivity index (χ2n) is 4.53. The maximum Gasteiger partial charge on any atom is 0.345 e. The highest BCUT2D eigenvalue weighted by Crippen LogP contribution is 2.29. The molecule has 1 aliphatic rings. The Labute approximate surface area is 115 Å². The smallest absolute Gasteiger partial charge is 0.345 e. The van der Waals surface area contributed by atoms with Gasteiger partial charge in [0.15, 0.2) is 0 Å². The van der Waals surface area contributed by atoms with Crippen LogP contribution in [0.25, 0.3) is 0 Å². The summed E-state index contributed by atoms with van der Waals surface area (Å²) in [6.45, 7) is 3.33. The van der Waals surface area contributed by atoms with Gasteiger partial charge in [0.1, 0.15) is 10.9 Å². The zero-order valence-corrected chi connectivity index (χ0v) is 11.8. The normalized spacial score (nSPS) is 16.7. The highest BCUT2D eigenvalue weighted by molar-refractivity contribution is 7.14. The molecule has 0 fully saturated rings. The number of aromatic carboxylic acids is 1. The third-order valence-electron chi connectivity index (χ3n) is 3.41. The van der Waals surface area contributed by atoms with Gasteiger partial charge in [-0.15, -0.1) is 11.3 Å². The Balaban J connectivity index is 2.17. The molecule has 5 nitrogen and oxygen atoms in total. The average Bonchev–Trinajstić information content (AvgIpc) is 2.82. The lowest BCUT2D eigenvalue weighted by molar-refractivity contribution is -0.147. The molecule has 2 heterocycles. The van der Waals surface area contributed by atoms with Crippen LogP contribution in [-0.4, -0.2) is 41.6 Å². The fourth-order valence-electron chi connectivity index (χ4n) is 2.44. The summed E-state index contributed by atoms with van der Waals surface area (Å²) in [4.78, 5) is 26.2. The Morgan fingerprint density at radius 2 is 2.32 bits per heavy atom. The standard InChI is InChI=1S/C13H17NO4S/c1-3-9(13(17)18-2)14-5-4-10-8(7-14)6-11(19-10)12(15)16/h6,9H,3-5,7H2,1-2H3,(H,15,16). The van der Waals surface area contributed by atoms with Crippen LogP contribution in [0.4, 0.5) is 0 Å². The first-order chi connectivity index (χ1) is 9.06. The first kappa shape index (κ1) is 14.0. The lowest BCUT2D eigenvalue weighted by atomic mass is 10.1. The van der Waals surface area contributed by atoms with E-state index >= 15 is 0 Å². The summed E-state index contributed by atoms with van der Waals surface area (Å²) in [6.07, 6.45) is 1.48. The molecule has 0 aliphatic carbocycles. The Bertz CT molecular complexity index is 497. The van der Waals surface area contributed by atoms with Crippen molar-refractivity contribution in [1.82, 2.24) is 4.90 Å². The molecule has 0 saturated heterocycles. The van der Waals surface area contributed by atoms with Crippen LogP contribution in [0.15, 0.2) is 6.07 Å². The first-order valence-electron chi connectivity index (χ1n) is 6.23. The molecule has 104 valence electrons. The predicted molar refractivity (Wildman–Crippen MR) is 71.5 cm³/mol. The highest BCUT2D eigenvalue weighted by atomic mass is 32.1.